The van der Waals surface area contributed by atoms with Crippen LogP contribution in [0.1, 0.15) is 23.0 Å². The van der Waals surface area contributed by atoms with Crippen molar-refractivity contribution in [3.63, 3.8) is 0 Å². The summed E-state index contributed by atoms with van der Waals surface area (Å²) in [4.78, 5) is 0. The van der Waals surface area contributed by atoms with E-state index in [2.05, 4.69) is 26.3 Å². The summed E-state index contributed by atoms with van der Waals surface area (Å²) in [5, 5.41) is 7.09. The Labute approximate surface area is 135 Å². The van der Waals surface area contributed by atoms with Gasteiger partial charge in [-0.15, -0.1) is 0 Å². The minimum absolute atomic E-state index is 0.219. The zero-order valence-corrected chi connectivity index (χ0v) is 14.2. The fraction of sp³-hybridized carbons (Fsp3) is 0.357. The fourth-order valence-corrected chi connectivity index (χ4v) is 2.92. The lowest BCUT2D eigenvalue weighted by atomic mass is 10.0. The Morgan fingerprint density at radius 1 is 1.38 bits per heavy atom. The number of benzene rings is 1. The summed E-state index contributed by atoms with van der Waals surface area (Å²) in [6.07, 6.45) is 0.465. The van der Waals surface area contributed by atoms with E-state index >= 15 is 0 Å². The van der Waals surface area contributed by atoms with Crippen LogP contribution < -0.4 is 5.32 Å². The maximum Gasteiger partial charge on any atom is 0.142 e. The van der Waals surface area contributed by atoms with Crippen LogP contribution >= 0.6 is 27.5 Å². The molecule has 0 radical (unpaired) electrons. The van der Waals surface area contributed by atoms with Crippen molar-refractivity contribution in [1.29, 1.82) is 0 Å². The van der Waals surface area contributed by atoms with Crippen molar-refractivity contribution in [3.8, 4) is 0 Å². The van der Waals surface area contributed by atoms with Crippen molar-refractivity contribution in [2.45, 2.75) is 19.4 Å². The molecule has 114 valence electrons. The number of halogens is 4. The van der Waals surface area contributed by atoms with Gasteiger partial charge in [-0.25, -0.2) is 8.78 Å². The van der Waals surface area contributed by atoms with Gasteiger partial charge in [0.25, 0.3) is 0 Å². The highest BCUT2D eigenvalue weighted by Crippen LogP contribution is 2.29. The molecule has 1 aromatic carbocycles. The van der Waals surface area contributed by atoms with Crippen LogP contribution in [-0.2, 0) is 13.5 Å². The van der Waals surface area contributed by atoms with Crippen molar-refractivity contribution >= 4 is 27.5 Å². The third-order valence-electron chi connectivity index (χ3n) is 3.42. The number of nitrogens with one attached hydrogen (secondary N) is 1. The first-order valence-electron chi connectivity index (χ1n) is 6.34. The summed E-state index contributed by atoms with van der Waals surface area (Å²) >= 11 is 9.07. The SMILES string of the molecule is CNC(Cc1c(Br)c(C)nn1C)c1cc(F)c(Cl)cc1F. The molecule has 0 aliphatic heterocycles. The van der Waals surface area contributed by atoms with E-state index in [0.29, 0.717) is 6.42 Å². The molecule has 1 unspecified atom stereocenters. The lowest BCUT2D eigenvalue weighted by Gasteiger charge is -2.18. The Bertz CT molecular complexity index is 673. The summed E-state index contributed by atoms with van der Waals surface area (Å²) < 4.78 is 30.3. The lowest BCUT2D eigenvalue weighted by molar-refractivity contribution is 0.510. The van der Waals surface area contributed by atoms with Gasteiger partial charge in [-0.05, 0) is 42.0 Å². The first-order chi connectivity index (χ1) is 9.85. The van der Waals surface area contributed by atoms with Crippen LogP contribution in [0.15, 0.2) is 16.6 Å². The standard InChI is InChI=1S/C14H15BrClF2N3/c1-7-14(15)13(21(3)20-7)6-12(19-2)8-4-11(18)9(16)5-10(8)17/h4-5,12,19H,6H2,1-3H3. The first-order valence-corrected chi connectivity index (χ1v) is 7.52. The molecule has 0 fully saturated rings. The van der Waals surface area contributed by atoms with Crippen LogP contribution in [0.5, 0.6) is 0 Å². The molecule has 0 aliphatic carbocycles. The molecular weight excluding hydrogens is 364 g/mol. The van der Waals surface area contributed by atoms with Crippen LogP contribution in [0.4, 0.5) is 8.78 Å². The van der Waals surface area contributed by atoms with Crippen LogP contribution in [0.3, 0.4) is 0 Å². The molecule has 1 aromatic heterocycles. The molecule has 7 heteroatoms. The molecule has 1 N–H and O–H groups in total. The molecule has 0 aliphatic rings. The molecule has 0 spiro atoms. The summed E-state index contributed by atoms with van der Waals surface area (Å²) in [6, 6.07) is 1.75. The lowest BCUT2D eigenvalue weighted by Crippen LogP contribution is -2.21. The Morgan fingerprint density at radius 2 is 2.05 bits per heavy atom. The van der Waals surface area contributed by atoms with E-state index in [1.54, 1.807) is 11.7 Å². The second-order valence-electron chi connectivity index (χ2n) is 4.80. The van der Waals surface area contributed by atoms with Gasteiger partial charge < -0.3 is 5.32 Å². The summed E-state index contributed by atoms with van der Waals surface area (Å²) in [5.41, 5.74) is 2.00. The third-order valence-corrected chi connectivity index (χ3v) is 4.74. The van der Waals surface area contributed by atoms with Gasteiger partial charge in [-0.3, -0.25) is 4.68 Å². The zero-order valence-electron chi connectivity index (χ0n) is 11.8. The van der Waals surface area contributed by atoms with Gasteiger partial charge in [0.15, 0.2) is 0 Å². The predicted octanol–water partition coefficient (Wildman–Crippen LogP) is 3.93. The van der Waals surface area contributed by atoms with Crippen molar-refractivity contribution < 1.29 is 8.78 Å². The maximum absolute atomic E-state index is 14.1. The monoisotopic (exact) mass is 377 g/mol. The van der Waals surface area contributed by atoms with E-state index < -0.39 is 11.6 Å². The van der Waals surface area contributed by atoms with Crippen molar-refractivity contribution in [2.24, 2.45) is 7.05 Å². The number of aromatic nitrogens is 2. The molecule has 0 bridgehead atoms. The van der Waals surface area contributed by atoms with E-state index in [1.807, 2.05) is 14.0 Å². The zero-order chi connectivity index (χ0) is 15.7. The van der Waals surface area contributed by atoms with Gasteiger partial charge in [-0.2, -0.15) is 5.10 Å². The third kappa shape index (κ3) is 3.27. The number of aryl methyl sites for hydroxylation is 2. The van der Waals surface area contributed by atoms with E-state index in [-0.39, 0.29) is 16.6 Å². The second-order valence-corrected chi connectivity index (χ2v) is 6.00. The number of hydrogen-bond donors (Lipinski definition) is 1. The van der Waals surface area contributed by atoms with Gasteiger partial charge >= 0.3 is 0 Å². The quantitative estimate of drug-likeness (QED) is 0.817. The predicted molar refractivity (Wildman–Crippen MR) is 82.5 cm³/mol. The minimum Gasteiger partial charge on any atom is -0.313 e. The summed E-state index contributed by atoms with van der Waals surface area (Å²) in [7, 11) is 3.52. The number of rotatable bonds is 4. The van der Waals surface area contributed by atoms with Crippen LogP contribution in [0, 0.1) is 18.6 Å². The Kier molecular flexibility index (Phi) is 5.01. The first kappa shape index (κ1) is 16.4. The molecule has 0 amide bonds. The minimum atomic E-state index is -0.631. The fourth-order valence-electron chi connectivity index (χ4n) is 2.27. The summed E-state index contributed by atoms with van der Waals surface area (Å²) in [5.74, 6) is -1.16. The average Bonchev–Trinajstić information content (AvgIpc) is 2.66. The molecule has 1 heterocycles. The smallest absolute Gasteiger partial charge is 0.142 e. The molecular formula is C14H15BrClF2N3. The Hall–Kier alpha value is -0.980. The summed E-state index contributed by atoms with van der Waals surface area (Å²) in [6.45, 7) is 1.88. The maximum atomic E-state index is 14.1. The normalized spacial score (nSPS) is 12.7. The van der Waals surface area contributed by atoms with E-state index in [0.717, 1.165) is 28.0 Å². The van der Waals surface area contributed by atoms with Crippen molar-refractivity contribution in [3.05, 3.63) is 50.2 Å². The van der Waals surface area contributed by atoms with Gasteiger partial charge in [0, 0.05) is 25.1 Å². The van der Waals surface area contributed by atoms with E-state index in [4.69, 9.17) is 11.6 Å². The Morgan fingerprint density at radius 3 is 2.57 bits per heavy atom. The van der Waals surface area contributed by atoms with Crippen LogP contribution in [-0.4, -0.2) is 16.8 Å². The number of hydrogen-bond acceptors (Lipinski definition) is 2. The van der Waals surface area contributed by atoms with E-state index in [1.165, 1.54) is 0 Å². The van der Waals surface area contributed by atoms with Crippen LogP contribution in [0.25, 0.3) is 0 Å². The van der Waals surface area contributed by atoms with Gasteiger partial charge in [0.05, 0.1) is 20.9 Å². The molecule has 2 aromatic rings. The average molecular weight is 379 g/mol. The topological polar surface area (TPSA) is 29.9 Å². The Balaban J connectivity index is 2.39. The molecule has 0 saturated heterocycles. The highest BCUT2D eigenvalue weighted by atomic mass is 79.9. The second kappa shape index (κ2) is 6.42. The van der Waals surface area contributed by atoms with Crippen molar-refractivity contribution in [2.75, 3.05) is 7.05 Å². The van der Waals surface area contributed by atoms with Gasteiger partial charge in [-0.1, -0.05) is 11.6 Å². The highest BCUT2D eigenvalue weighted by molar-refractivity contribution is 9.10. The van der Waals surface area contributed by atoms with E-state index in [9.17, 15) is 8.78 Å². The largest absolute Gasteiger partial charge is 0.313 e. The molecule has 21 heavy (non-hydrogen) atoms. The molecule has 0 saturated carbocycles. The van der Waals surface area contributed by atoms with Gasteiger partial charge in [0.2, 0.25) is 0 Å². The van der Waals surface area contributed by atoms with Crippen LogP contribution in [0.2, 0.25) is 5.02 Å². The van der Waals surface area contributed by atoms with Crippen molar-refractivity contribution in [1.82, 2.24) is 15.1 Å². The molecule has 2 rings (SSSR count). The molecule has 3 nitrogen and oxygen atoms in total. The molecule has 1 atom stereocenters. The van der Waals surface area contributed by atoms with Gasteiger partial charge in [0.1, 0.15) is 11.6 Å². The number of likely N-dealkylation sites (N-methyl/N-ethyl adjacent to an activating group) is 1. The highest BCUT2D eigenvalue weighted by Gasteiger charge is 2.21. The number of nitrogens with zero attached hydrogens (tertiary/aromatic N) is 2.